The number of nitrogens with zero attached hydrogens (tertiary/aromatic N) is 1. The number of carbonyl (C=O) groups is 2. The number of halogens is 1. The van der Waals surface area contributed by atoms with Crippen molar-refractivity contribution in [2.45, 2.75) is 39.7 Å². The lowest BCUT2D eigenvalue weighted by Gasteiger charge is -2.13. The number of fused-ring (bicyclic) bond motifs is 1. The minimum atomic E-state index is -0.625. The summed E-state index contributed by atoms with van der Waals surface area (Å²) in [4.78, 5) is 25.1. The molecule has 7 heteroatoms. The van der Waals surface area contributed by atoms with Gasteiger partial charge < -0.3 is 9.73 Å². The number of furan rings is 1. The molecule has 2 aromatic carbocycles. The Hall–Kier alpha value is -3.74. The van der Waals surface area contributed by atoms with Crippen LogP contribution in [0.1, 0.15) is 61.8 Å². The standard InChI is InChI=1S/C25H24FN3O3/c1-15-10-12-17(13-11-15)14-27-25(31)23-16(2)22-20(8-5-9-21(22)32-23)28-29-24(30)18-6-3-4-7-19(18)26/h3-4,6-7,10-13H,5,8-9,14H2,1-2H3,(H,27,31)(H,29,30)/b28-20+. The van der Waals surface area contributed by atoms with Crippen LogP contribution in [0.5, 0.6) is 0 Å². The second-order valence-electron chi connectivity index (χ2n) is 7.86. The summed E-state index contributed by atoms with van der Waals surface area (Å²) in [5.74, 6) is -0.612. The van der Waals surface area contributed by atoms with E-state index in [2.05, 4.69) is 15.8 Å². The number of carbonyl (C=O) groups excluding carboxylic acids is 2. The van der Waals surface area contributed by atoms with Gasteiger partial charge in [0.15, 0.2) is 5.76 Å². The predicted octanol–water partition coefficient (Wildman–Crippen LogP) is 4.44. The highest BCUT2D eigenvalue weighted by molar-refractivity contribution is 6.07. The van der Waals surface area contributed by atoms with Crippen molar-refractivity contribution in [3.63, 3.8) is 0 Å². The largest absolute Gasteiger partial charge is 0.455 e. The summed E-state index contributed by atoms with van der Waals surface area (Å²) in [7, 11) is 0. The zero-order valence-electron chi connectivity index (χ0n) is 18.0. The molecule has 3 aromatic rings. The monoisotopic (exact) mass is 433 g/mol. The van der Waals surface area contributed by atoms with Crippen LogP contribution < -0.4 is 10.7 Å². The molecule has 4 rings (SSSR count). The van der Waals surface area contributed by atoms with Crippen LogP contribution >= 0.6 is 0 Å². The Bertz CT molecular complexity index is 1200. The maximum Gasteiger partial charge on any atom is 0.287 e. The summed E-state index contributed by atoms with van der Waals surface area (Å²) in [5, 5.41) is 7.13. The van der Waals surface area contributed by atoms with Crippen LogP contribution in [0.15, 0.2) is 58.0 Å². The molecule has 1 aliphatic rings. The van der Waals surface area contributed by atoms with Crippen molar-refractivity contribution in [3.8, 4) is 0 Å². The fourth-order valence-corrected chi connectivity index (χ4v) is 3.79. The Morgan fingerprint density at radius 3 is 2.53 bits per heavy atom. The Morgan fingerprint density at radius 1 is 1.03 bits per heavy atom. The van der Waals surface area contributed by atoms with Crippen LogP contribution in [0.3, 0.4) is 0 Å². The van der Waals surface area contributed by atoms with E-state index >= 15 is 0 Å². The normalized spacial score (nSPS) is 14.2. The van der Waals surface area contributed by atoms with Gasteiger partial charge in [0, 0.05) is 24.1 Å². The molecular formula is C25H24FN3O3. The van der Waals surface area contributed by atoms with Gasteiger partial charge in [0.2, 0.25) is 0 Å². The third-order valence-corrected chi connectivity index (χ3v) is 5.52. The van der Waals surface area contributed by atoms with Gasteiger partial charge in [-0.2, -0.15) is 5.10 Å². The van der Waals surface area contributed by atoms with Crippen LogP contribution in [0.2, 0.25) is 0 Å². The highest BCUT2D eigenvalue weighted by Gasteiger charge is 2.28. The minimum absolute atomic E-state index is 0.0760. The first kappa shape index (κ1) is 21.5. The highest BCUT2D eigenvalue weighted by Crippen LogP contribution is 2.30. The van der Waals surface area contributed by atoms with E-state index in [1.165, 1.54) is 18.2 Å². The molecule has 0 aliphatic heterocycles. The van der Waals surface area contributed by atoms with E-state index < -0.39 is 11.7 Å². The predicted molar refractivity (Wildman–Crippen MR) is 119 cm³/mol. The van der Waals surface area contributed by atoms with E-state index in [9.17, 15) is 14.0 Å². The lowest BCUT2D eigenvalue weighted by Crippen LogP contribution is -2.24. The third kappa shape index (κ3) is 4.46. The number of nitrogens with one attached hydrogen (secondary N) is 2. The molecular weight excluding hydrogens is 409 g/mol. The number of hydrogen-bond donors (Lipinski definition) is 2. The average Bonchev–Trinajstić information content (AvgIpc) is 3.14. The minimum Gasteiger partial charge on any atom is -0.455 e. The molecule has 0 bridgehead atoms. The summed E-state index contributed by atoms with van der Waals surface area (Å²) in [5.41, 5.74) is 6.55. The summed E-state index contributed by atoms with van der Waals surface area (Å²) < 4.78 is 19.7. The Morgan fingerprint density at radius 2 is 1.78 bits per heavy atom. The van der Waals surface area contributed by atoms with Crippen LogP contribution in [0.25, 0.3) is 0 Å². The van der Waals surface area contributed by atoms with Gasteiger partial charge in [0.05, 0.1) is 11.3 Å². The van der Waals surface area contributed by atoms with E-state index in [-0.39, 0.29) is 17.2 Å². The zero-order valence-corrected chi connectivity index (χ0v) is 18.0. The molecule has 164 valence electrons. The molecule has 0 saturated carbocycles. The van der Waals surface area contributed by atoms with Gasteiger partial charge in [-0.25, -0.2) is 9.82 Å². The van der Waals surface area contributed by atoms with Crippen molar-refractivity contribution in [3.05, 3.63) is 93.7 Å². The molecule has 32 heavy (non-hydrogen) atoms. The lowest BCUT2D eigenvalue weighted by atomic mass is 9.93. The first-order valence-electron chi connectivity index (χ1n) is 10.5. The Labute approximate surface area is 185 Å². The summed E-state index contributed by atoms with van der Waals surface area (Å²) in [6.45, 7) is 4.21. The lowest BCUT2D eigenvalue weighted by molar-refractivity contribution is 0.0918. The van der Waals surface area contributed by atoms with Gasteiger partial charge in [-0.1, -0.05) is 42.0 Å². The van der Waals surface area contributed by atoms with E-state index in [1.807, 2.05) is 38.1 Å². The van der Waals surface area contributed by atoms with Gasteiger partial charge >= 0.3 is 0 Å². The van der Waals surface area contributed by atoms with Crippen molar-refractivity contribution < 1.29 is 18.4 Å². The van der Waals surface area contributed by atoms with Gasteiger partial charge in [-0.15, -0.1) is 0 Å². The summed E-state index contributed by atoms with van der Waals surface area (Å²) in [6, 6.07) is 13.7. The van der Waals surface area contributed by atoms with Gasteiger partial charge in [0.1, 0.15) is 11.6 Å². The zero-order chi connectivity index (χ0) is 22.7. The molecule has 0 saturated heterocycles. The molecule has 0 atom stereocenters. The van der Waals surface area contributed by atoms with Crippen molar-refractivity contribution in [1.82, 2.24) is 10.7 Å². The quantitative estimate of drug-likeness (QED) is 0.584. The van der Waals surface area contributed by atoms with Crippen LogP contribution in [0.4, 0.5) is 4.39 Å². The second-order valence-corrected chi connectivity index (χ2v) is 7.86. The number of hydrogen-bond acceptors (Lipinski definition) is 4. The molecule has 2 amide bonds. The SMILES string of the molecule is Cc1ccc(CNC(=O)c2oc3c(c2C)/C(=N/NC(=O)c2ccccc2F)CCC3)cc1. The molecule has 1 aromatic heterocycles. The Kier molecular flexibility index (Phi) is 6.16. The molecule has 1 aliphatic carbocycles. The van der Waals surface area contributed by atoms with Crippen LogP contribution in [-0.4, -0.2) is 17.5 Å². The summed E-state index contributed by atoms with van der Waals surface area (Å²) >= 11 is 0. The number of hydrazone groups is 1. The first-order valence-corrected chi connectivity index (χ1v) is 10.5. The first-order chi connectivity index (χ1) is 15.4. The maximum atomic E-state index is 13.8. The fraction of sp³-hybridized carbons (Fsp3) is 0.240. The van der Waals surface area contributed by atoms with Gasteiger partial charge in [-0.05, 0) is 44.4 Å². The smallest absolute Gasteiger partial charge is 0.287 e. The molecule has 0 spiro atoms. The van der Waals surface area contributed by atoms with E-state index in [1.54, 1.807) is 6.07 Å². The van der Waals surface area contributed by atoms with Crippen LogP contribution in [-0.2, 0) is 13.0 Å². The molecule has 6 nitrogen and oxygen atoms in total. The average molecular weight is 433 g/mol. The number of rotatable bonds is 5. The fourth-order valence-electron chi connectivity index (χ4n) is 3.79. The van der Waals surface area contributed by atoms with Crippen molar-refractivity contribution in [1.29, 1.82) is 0 Å². The number of benzene rings is 2. The van der Waals surface area contributed by atoms with Gasteiger partial charge in [-0.3, -0.25) is 9.59 Å². The molecule has 1 heterocycles. The van der Waals surface area contributed by atoms with Crippen molar-refractivity contribution in [2.24, 2.45) is 5.10 Å². The molecule has 2 N–H and O–H groups in total. The maximum absolute atomic E-state index is 13.8. The van der Waals surface area contributed by atoms with Crippen molar-refractivity contribution in [2.75, 3.05) is 0 Å². The number of amides is 2. The molecule has 0 unspecified atom stereocenters. The van der Waals surface area contributed by atoms with Gasteiger partial charge in [0.25, 0.3) is 11.8 Å². The van der Waals surface area contributed by atoms with E-state index in [4.69, 9.17) is 4.42 Å². The van der Waals surface area contributed by atoms with Crippen molar-refractivity contribution >= 4 is 17.5 Å². The number of aryl methyl sites for hydroxylation is 2. The summed E-state index contributed by atoms with van der Waals surface area (Å²) in [6.07, 6.45) is 2.08. The second kappa shape index (κ2) is 9.18. The highest BCUT2D eigenvalue weighted by atomic mass is 19.1. The van der Waals surface area contributed by atoms with E-state index in [0.29, 0.717) is 36.4 Å². The van der Waals surface area contributed by atoms with Crippen LogP contribution in [0, 0.1) is 19.7 Å². The molecule has 0 radical (unpaired) electrons. The third-order valence-electron chi connectivity index (χ3n) is 5.52. The Balaban J connectivity index is 1.51. The van der Waals surface area contributed by atoms with E-state index in [0.717, 1.165) is 23.1 Å². The topological polar surface area (TPSA) is 83.7 Å². The molecule has 0 fully saturated rings.